The molecule has 0 atom stereocenters. The zero-order valence-corrected chi connectivity index (χ0v) is 10.3. The number of hydrogen-bond acceptors (Lipinski definition) is 0. The van der Waals surface area contributed by atoms with Gasteiger partial charge in [-0.25, -0.2) is 0 Å². The van der Waals surface area contributed by atoms with Gasteiger partial charge in [-0.15, -0.1) is 0 Å². The van der Waals surface area contributed by atoms with Gasteiger partial charge in [0.1, 0.15) is 0 Å². The Morgan fingerprint density at radius 2 is 1.64 bits per heavy atom. The zero-order valence-electron chi connectivity index (χ0n) is 9.57. The Kier molecular flexibility index (Phi) is 7.60. The third-order valence-electron chi connectivity index (χ3n) is 2.00. The van der Waals surface area contributed by atoms with E-state index < -0.39 is 0 Å². The highest BCUT2D eigenvalue weighted by molar-refractivity contribution is 6.29. The maximum absolute atomic E-state index is 5.67. The third-order valence-corrected chi connectivity index (χ3v) is 2.19. The van der Waals surface area contributed by atoms with Gasteiger partial charge >= 0.3 is 0 Å². The van der Waals surface area contributed by atoms with Gasteiger partial charge < -0.3 is 0 Å². The van der Waals surface area contributed by atoms with E-state index in [1.807, 2.05) is 0 Å². The van der Waals surface area contributed by atoms with Crippen LogP contribution in [0.25, 0.3) is 0 Å². The van der Waals surface area contributed by atoms with Crippen LogP contribution in [0, 0.1) is 0 Å². The average Bonchev–Trinajstić information content (AvgIpc) is 2.02. The van der Waals surface area contributed by atoms with Crippen LogP contribution in [-0.2, 0) is 0 Å². The summed E-state index contributed by atoms with van der Waals surface area (Å²) in [7, 11) is 0. The molecule has 0 aliphatic heterocycles. The van der Waals surface area contributed by atoms with E-state index in [0.717, 1.165) is 30.7 Å². The highest BCUT2D eigenvalue weighted by Gasteiger charge is 1.90. The molecule has 0 spiro atoms. The molecule has 0 aromatic heterocycles. The Morgan fingerprint density at radius 1 is 1.07 bits per heavy atom. The van der Waals surface area contributed by atoms with Crippen LogP contribution >= 0.6 is 11.6 Å². The summed E-state index contributed by atoms with van der Waals surface area (Å²) in [5.41, 5.74) is 2.84. The van der Waals surface area contributed by atoms with Gasteiger partial charge in [0, 0.05) is 5.03 Å². The van der Waals surface area contributed by atoms with Gasteiger partial charge in [0.25, 0.3) is 0 Å². The van der Waals surface area contributed by atoms with Crippen molar-refractivity contribution in [2.24, 2.45) is 0 Å². The Bertz CT molecular complexity index is 230. The molecule has 0 fully saturated rings. The summed E-state index contributed by atoms with van der Waals surface area (Å²) in [6, 6.07) is 0. The van der Waals surface area contributed by atoms with E-state index >= 15 is 0 Å². The van der Waals surface area contributed by atoms with Crippen LogP contribution < -0.4 is 0 Å². The molecule has 0 radical (unpaired) electrons. The van der Waals surface area contributed by atoms with Crippen molar-refractivity contribution in [3.05, 3.63) is 34.9 Å². The van der Waals surface area contributed by atoms with E-state index in [1.165, 1.54) is 11.1 Å². The SMILES string of the molecule is C=C(Cl)CCC=C(C)CCC=C(C)C. The molecule has 0 amide bonds. The van der Waals surface area contributed by atoms with Crippen molar-refractivity contribution in [3.63, 3.8) is 0 Å². The highest BCUT2D eigenvalue weighted by atomic mass is 35.5. The van der Waals surface area contributed by atoms with Crippen molar-refractivity contribution in [2.75, 3.05) is 0 Å². The van der Waals surface area contributed by atoms with Gasteiger partial charge in [0.15, 0.2) is 0 Å². The van der Waals surface area contributed by atoms with Crippen LogP contribution in [0.1, 0.15) is 46.5 Å². The van der Waals surface area contributed by atoms with Gasteiger partial charge in [0.2, 0.25) is 0 Å². The summed E-state index contributed by atoms with van der Waals surface area (Å²) < 4.78 is 0. The molecule has 1 heteroatoms. The lowest BCUT2D eigenvalue weighted by Gasteiger charge is -1.99. The van der Waals surface area contributed by atoms with E-state index in [0.29, 0.717) is 0 Å². The third kappa shape index (κ3) is 9.60. The van der Waals surface area contributed by atoms with Gasteiger partial charge in [-0.3, -0.25) is 0 Å². The van der Waals surface area contributed by atoms with Gasteiger partial charge in [0.05, 0.1) is 0 Å². The molecule has 14 heavy (non-hydrogen) atoms. The minimum atomic E-state index is 0.748. The first kappa shape index (κ1) is 13.5. The smallest absolute Gasteiger partial charge is 0.0112 e. The summed E-state index contributed by atoms with van der Waals surface area (Å²) in [6.45, 7) is 10.1. The zero-order chi connectivity index (χ0) is 11.0. The standard InChI is InChI=1S/C13H21Cl/c1-11(2)7-5-8-12(3)9-6-10-13(4)14/h7,9H,4-6,8,10H2,1-3H3. The van der Waals surface area contributed by atoms with Crippen molar-refractivity contribution >= 4 is 11.6 Å². The Hall–Kier alpha value is -0.490. The second-order valence-electron chi connectivity index (χ2n) is 3.93. The van der Waals surface area contributed by atoms with Crippen LogP contribution in [0.2, 0.25) is 0 Å². The molecule has 0 N–H and O–H groups in total. The normalized spacial score (nSPS) is 11.3. The first-order valence-electron chi connectivity index (χ1n) is 5.14. The summed E-state index contributed by atoms with van der Waals surface area (Å²) in [5, 5.41) is 0.748. The van der Waals surface area contributed by atoms with Gasteiger partial charge in [-0.05, 0) is 46.5 Å². The topological polar surface area (TPSA) is 0 Å². The maximum Gasteiger partial charge on any atom is 0.0112 e. The van der Waals surface area contributed by atoms with Crippen LogP contribution in [0.5, 0.6) is 0 Å². The average molecular weight is 213 g/mol. The van der Waals surface area contributed by atoms with Crippen LogP contribution in [0.3, 0.4) is 0 Å². The predicted molar refractivity (Wildman–Crippen MR) is 66.6 cm³/mol. The fraction of sp³-hybridized carbons (Fsp3) is 0.538. The summed E-state index contributed by atoms with van der Waals surface area (Å²) in [4.78, 5) is 0. The lowest BCUT2D eigenvalue weighted by atomic mass is 10.1. The Morgan fingerprint density at radius 3 is 2.14 bits per heavy atom. The van der Waals surface area contributed by atoms with Gasteiger partial charge in [-0.2, -0.15) is 0 Å². The molecule has 0 nitrogen and oxygen atoms in total. The summed E-state index contributed by atoms with van der Waals surface area (Å²) >= 11 is 5.67. The number of halogens is 1. The fourth-order valence-corrected chi connectivity index (χ4v) is 1.27. The molecule has 0 bridgehead atoms. The minimum absolute atomic E-state index is 0.748. The molecule has 0 aromatic rings. The monoisotopic (exact) mass is 212 g/mol. The van der Waals surface area contributed by atoms with Crippen LogP contribution in [-0.4, -0.2) is 0 Å². The molecule has 80 valence electrons. The summed E-state index contributed by atoms with van der Waals surface area (Å²) in [5.74, 6) is 0. The van der Waals surface area contributed by atoms with Crippen molar-refractivity contribution < 1.29 is 0 Å². The highest BCUT2D eigenvalue weighted by Crippen LogP contribution is 2.12. The molecule has 0 unspecified atom stereocenters. The Balaban J connectivity index is 3.67. The second kappa shape index (κ2) is 7.87. The maximum atomic E-state index is 5.67. The second-order valence-corrected chi connectivity index (χ2v) is 4.46. The molecule has 0 aromatic carbocycles. The molecule has 0 rings (SSSR count). The van der Waals surface area contributed by atoms with Crippen molar-refractivity contribution in [1.82, 2.24) is 0 Å². The van der Waals surface area contributed by atoms with Gasteiger partial charge in [-0.1, -0.05) is 41.5 Å². The number of rotatable bonds is 6. The van der Waals surface area contributed by atoms with Crippen molar-refractivity contribution in [1.29, 1.82) is 0 Å². The number of allylic oxidation sites excluding steroid dienone is 5. The van der Waals surface area contributed by atoms with Crippen LogP contribution in [0.15, 0.2) is 34.9 Å². The molecule has 0 saturated heterocycles. The van der Waals surface area contributed by atoms with Crippen LogP contribution in [0.4, 0.5) is 0 Å². The van der Waals surface area contributed by atoms with E-state index in [2.05, 4.69) is 39.5 Å². The number of hydrogen-bond donors (Lipinski definition) is 0. The largest absolute Gasteiger partial charge is 0.0898 e. The molecule has 0 saturated carbocycles. The predicted octanol–water partition coefficient (Wildman–Crippen LogP) is 5.21. The van der Waals surface area contributed by atoms with Crippen molar-refractivity contribution in [3.8, 4) is 0 Å². The first-order chi connectivity index (χ1) is 6.52. The molecule has 0 heterocycles. The van der Waals surface area contributed by atoms with Crippen molar-refractivity contribution in [2.45, 2.75) is 46.5 Å². The fourth-order valence-electron chi connectivity index (χ4n) is 1.17. The van der Waals surface area contributed by atoms with E-state index in [4.69, 9.17) is 11.6 Å². The molecule has 0 aliphatic rings. The lowest BCUT2D eigenvalue weighted by Crippen LogP contribution is -1.78. The molecular formula is C13H21Cl. The first-order valence-corrected chi connectivity index (χ1v) is 5.52. The quantitative estimate of drug-likeness (QED) is 0.530. The molecule has 0 aliphatic carbocycles. The van der Waals surface area contributed by atoms with E-state index in [-0.39, 0.29) is 0 Å². The Labute approximate surface area is 93.4 Å². The van der Waals surface area contributed by atoms with E-state index in [9.17, 15) is 0 Å². The van der Waals surface area contributed by atoms with E-state index in [1.54, 1.807) is 0 Å². The lowest BCUT2D eigenvalue weighted by molar-refractivity contribution is 0.934. The minimum Gasteiger partial charge on any atom is -0.0898 e. The molecular weight excluding hydrogens is 192 g/mol. The summed E-state index contributed by atoms with van der Waals surface area (Å²) in [6.07, 6.45) is 8.74.